The summed E-state index contributed by atoms with van der Waals surface area (Å²) in [5, 5.41) is 0. The van der Waals surface area contributed by atoms with Crippen LogP contribution in [0.2, 0.25) is 0 Å². The summed E-state index contributed by atoms with van der Waals surface area (Å²) in [4.78, 5) is 73.9. The van der Waals surface area contributed by atoms with Crippen molar-refractivity contribution in [2.75, 3.05) is 39.6 Å². The lowest BCUT2D eigenvalue weighted by Crippen LogP contribution is -2.36. The van der Waals surface area contributed by atoms with E-state index in [4.69, 9.17) is 47.4 Å². The number of carbonyl (C=O) groups excluding carboxylic acids is 6. The molecule has 0 aliphatic carbocycles. The molecule has 0 N–H and O–H groups in total. The van der Waals surface area contributed by atoms with E-state index in [-0.39, 0.29) is 35.8 Å². The van der Waals surface area contributed by atoms with Crippen molar-refractivity contribution < 1.29 is 76.1 Å². The van der Waals surface area contributed by atoms with Crippen molar-refractivity contribution in [1.82, 2.24) is 0 Å². The van der Waals surface area contributed by atoms with Gasteiger partial charge in [0.05, 0.1) is 61.9 Å². The van der Waals surface area contributed by atoms with Gasteiger partial charge in [0.1, 0.15) is 35.2 Å². The van der Waals surface area contributed by atoms with Crippen LogP contribution in [0.4, 0.5) is 0 Å². The van der Waals surface area contributed by atoms with Gasteiger partial charge in [-0.3, -0.25) is 0 Å². The minimum absolute atomic E-state index is 0.0280. The summed E-state index contributed by atoms with van der Waals surface area (Å²) in [6.07, 6.45) is 6.26. The van der Waals surface area contributed by atoms with Crippen molar-refractivity contribution in [3.63, 3.8) is 0 Å². The van der Waals surface area contributed by atoms with Crippen molar-refractivity contribution in [1.29, 1.82) is 0 Å². The molecule has 16 nitrogen and oxygen atoms in total. The molecule has 68 heavy (non-hydrogen) atoms. The Kier molecular flexibility index (Phi) is 19.3. The van der Waals surface area contributed by atoms with Gasteiger partial charge < -0.3 is 47.4 Å². The van der Waals surface area contributed by atoms with Crippen LogP contribution in [0.3, 0.4) is 0 Å². The number of hydrogen-bond acceptors (Lipinski definition) is 16. The van der Waals surface area contributed by atoms with Crippen LogP contribution in [0.5, 0.6) is 23.0 Å². The second-order valence-corrected chi connectivity index (χ2v) is 15.6. The molecule has 358 valence electrons. The molecule has 2 fully saturated rings. The monoisotopic (exact) mass is 934 g/mol. The van der Waals surface area contributed by atoms with Crippen molar-refractivity contribution in [2.45, 2.75) is 75.8 Å². The molecule has 2 aliphatic heterocycles. The van der Waals surface area contributed by atoms with E-state index in [1.165, 1.54) is 48.5 Å². The number of hydrogen-bond donors (Lipinski definition) is 0. The Hall–Kier alpha value is -7.30. The van der Waals surface area contributed by atoms with Crippen LogP contribution in [-0.2, 0) is 38.0 Å². The van der Waals surface area contributed by atoms with Gasteiger partial charge in [0.15, 0.2) is 12.2 Å². The lowest BCUT2D eigenvalue weighted by Gasteiger charge is -2.17. The number of benzene rings is 4. The molecule has 4 aromatic carbocycles. The van der Waals surface area contributed by atoms with E-state index in [1.54, 1.807) is 48.5 Å². The predicted octanol–water partition coefficient (Wildman–Crippen LogP) is 8.01. The Morgan fingerprint density at radius 3 is 1.07 bits per heavy atom. The lowest BCUT2D eigenvalue weighted by molar-refractivity contribution is -0.138. The maximum Gasteiger partial charge on any atom is 0.343 e. The fraction of sp³-hybridized carbons (Fsp3) is 0.346. The molecule has 16 heteroatoms. The van der Waals surface area contributed by atoms with Gasteiger partial charge in [-0.05, 0) is 148 Å². The van der Waals surface area contributed by atoms with Crippen molar-refractivity contribution in [3.05, 3.63) is 145 Å². The normalized spacial score (nSPS) is 16.9. The van der Waals surface area contributed by atoms with E-state index < -0.39 is 60.2 Å². The summed E-state index contributed by atoms with van der Waals surface area (Å²) >= 11 is 0. The molecule has 2 aliphatic rings. The molecule has 0 spiro atoms. The third-order valence-electron chi connectivity index (χ3n) is 10.7. The van der Waals surface area contributed by atoms with Crippen LogP contribution in [0, 0.1) is 0 Å². The SMILES string of the molecule is C=CC(=O)OCCCCCCOc1ccc(C(=O)Oc2ccc(C(=O)OC3COC4C(OC(=O)c5ccc(OC(=O)c6ccc(OCCCCCCOC(=O)C=C)cc6)cc5)COC34)cc2)cc1. The minimum Gasteiger partial charge on any atom is -0.494 e. The number of carbonyl (C=O) groups is 6. The van der Waals surface area contributed by atoms with Crippen molar-refractivity contribution in [2.24, 2.45) is 0 Å². The summed E-state index contributed by atoms with van der Waals surface area (Å²) in [6, 6.07) is 25.0. The van der Waals surface area contributed by atoms with Crippen molar-refractivity contribution in [3.8, 4) is 23.0 Å². The molecule has 0 bridgehead atoms. The number of unbranched alkanes of at least 4 members (excludes halogenated alkanes) is 6. The van der Waals surface area contributed by atoms with Crippen LogP contribution >= 0.6 is 0 Å². The molecule has 6 rings (SSSR count). The van der Waals surface area contributed by atoms with Crippen LogP contribution in [0.1, 0.15) is 92.8 Å². The second kappa shape index (κ2) is 26.1. The number of rotatable bonds is 26. The summed E-state index contributed by atoms with van der Waals surface area (Å²) < 4.78 is 55.6. The number of ether oxygens (including phenoxy) is 10. The van der Waals surface area contributed by atoms with Gasteiger partial charge in [-0.1, -0.05) is 13.2 Å². The van der Waals surface area contributed by atoms with Crippen LogP contribution in [0.25, 0.3) is 0 Å². The molecule has 4 unspecified atom stereocenters. The van der Waals surface area contributed by atoms with Gasteiger partial charge >= 0.3 is 35.8 Å². The second-order valence-electron chi connectivity index (χ2n) is 15.6. The van der Waals surface area contributed by atoms with E-state index in [1.807, 2.05) is 0 Å². The largest absolute Gasteiger partial charge is 0.494 e. The quantitative estimate of drug-likeness (QED) is 0.0193. The average Bonchev–Trinajstić information content (AvgIpc) is 3.96. The first kappa shape index (κ1) is 50.1. The fourth-order valence-electron chi connectivity index (χ4n) is 7.03. The van der Waals surface area contributed by atoms with Crippen LogP contribution in [0.15, 0.2) is 122 Å². The zero-order chi connectivity index (χ0) is 48.1. The molecule has 4 atom stereocenters. The van der Waals surface area contributed by atoms with Gasteiger partial charge in [0.2, 0.25) is 0 Å². The predicted molar refractivity (Wildman–Crippen MR) is 244 cm³/mol. The Morgan fingerprint density at radius 1 is 0.426 bits per heavy atom. The zero-order valence-electron chi connectivity index (χ0n) is 37.5. The molecule has 0 amide bonds. The van der Waals surface area contributed by atoms with Crippen LogP contribution < -0.4 is 18.9 Å². The Bertz CT molecular complexity index is 2160. The van der Waals surface area contributed by atoms with Crippen LogP contribution in [-0.4, -0.2) is 99.9 Å². The highest BCUT2D eigenvalue weighted by atomic mass is 16.7. The van der Waals surface area contributed by atoms with Gasteiger partial charge in [0, 0.05) is 12.2 Å². The topological polar surface area (TPSA) is 195 Å². The molecule has 0 radical (unpaired) electrons. The molecule has 4 aromatic rings. The van der Waals surface area contributed by atoms with E-state index in [0.29, 0.717) is 49.1 Å². The van der Waals surface area contributed by atoms with E-state index in [0.717, 1.165) is 63.5 Å². The molecule has 2 saturated heterocycles. The maximum absolute atomic E-state index is 13.1. The first-order valence-electron chi connectivity index (χ1n) is 22.4. The first-order valence-corrected chi connectivity index (χ1v) is 22.4. The highest BCUT2D eigenvalue weighted by Crippen LogP contribution is 2.32. The summed E-state index contributed by atoms with van der Waals surface area (Å²) in [5.74, 6) is -1.61. The summed E-state index contributed by atoms with van der Waals surface area (Å²) in [7, 11) is 0. The third kappa shape index (κ3) is 15.4. The van der Waals surface area contributed by atoms with Gasteiger partial charge in [-0.25, -0.2) is 28.8 Å². The molecule has 0 saturated carbocycles. The molecule has 2 heterocycles. The first-order chi connectivity index (χ1) is 33.1. The smallest absolute Gasteiger partial charge is 0.343 e. The van der Waals surface area contributed by atoms with E-state index in [9.17, 15) is 28.8 Å². The van der Waals surface area contributed by atoms with Crippen molar-refractivity contribution >= 4 is 35.8 Å². The fourth-order valence-corrected chi connectivity index (χ4v) is 7.03. The molecule has 0 aromatic heterocycles. The molecular weight excluding hydrogens is 881 g/mol. The minimum atomic E-state index is -0.761. The summed E-state index contributed by atoms with van der Waals surface area (Å²) in [5.41, 5.74) is 1.06. The summed E-state index contributed by atoms with van der Waals surface area (Å²) in [6.45, 7) is 8.52. The lowest BCUT2D eigenvalue weighted by atomic mass is 10.1. The maximum atomic E-state index is 13.1. The highest BCUT2D eigenvalue weighted by Gasteiger charge is 2.51. The van der Waals surface area contributed by atoms with E-state index >= 15 is 0 Å². The standard InChI is InChI=1S/C52H54O16/c1-3-45(53)61-31-11-7-5-9-29-59-39-21-13-35(14-22-39)49(55)65-41-25-17-37(18-26-41)51(57)67-43-33-63-48-44(34-64-47(43)48)68-52(58)38-19-27-42(28-20-38)66-50(56)36-15-23-40(24-16-36)60-30-10-6-8-12-32-62-46(54)4-2/h3-4,13-28,43-44,47-48H,1-2,5-12,29-34H2. The number of esters is 6. The highest BCUT2D eigenvalue weighted by molar-refractivity contribution is 5.93. The average molecular weight is 935 g/mol. The van der Waals surface area contributed by atoms with E-state index in [2.05, 4.69) is 13.2 Å². The molecular formula is C52H54O16. The number of fused-ring (bicyclic) bond motifs is 1. The Morgan fingerprint density at radius 2 is 0.735 bits per heavy atom. The third-order valence-corrected chi connectivity index (χ3v) is 10.7. The van der Waals surface area contributed by atoms with Gasteiger partial charge in [0.25, 0.3) is 0 Å². The zero-order valence-corrected chi connectivity index (χ0v) is 37.5. The van der Waals surface area contributed by atoms with Gasteiger partial charge in [-0.2, -0.15) is 0 Å². The van der Waals surface area contributed by atoms with Gasteiger partial charge in [-0.15, -0.1) is 0 Å². The Balaban J connectivity index is 0.862. The Labute approximate surface area is 394 Å².